The van der Waals surface area contributed by atoms with E-state index in [0.29, 0.717) is 12.2 Å². The third-order valence-corrected chi connectivity index (χ3v) is 3.66. The zero-order valence-corrected chi connectivity index (χ0v) is 13.0. The van der Waals surface area contributed by atoms with Crippen molar-refractivity contribution in [1.29, 1.82) is 0 Å². The fourth-order valence-corrected chi connectivity index (χ4v) is 2.37. The van der Waals surface area contributed by atoms with Crippen molar-refractivity contribution in [2.24, 2.45) is 0 Å². The van der Waals surface area contributed by atoms with Gasteiger partial charge in [-0.1, -0.05) is 31.5 Å². The highest BCUT2D eigenvalue weighted by Crippen LogP contribution is 2.25. The number of carbonyl (C=O) groups is 1. The number of hydrogen-bond acceptors (Lipinski definition) is 2. The Morgan fingerprint density at radius 2 is 1.95 bits per heavy atom. The molecule has 1 atom stereocenters. The fourth-order valence-electron chi connectivity index (χ4n) is 2.37. The molecule has 4 heteroatoms. The lowest BCUT2D eigenvalue weighted by atomic mass is 9.93. The summed E-state index contributed by atoms with van der Waals surface area (Å²) < 4.78 is 13.2. The predicted molar refractivity (Wildman–Crippen MR) is 85.0 cm³/mol. The molecule has 0 aliphatic carbocycles. The first-order chi connectivity index (χ1) is 10.6. The van der Waals surface area contributed by atoms with Gasteiger partial charge < -0.3 is 4.90 Å². The summed E-state index contributed by atoms with van der Waals surface area (Å²) in [6.45, 7) is 2.80. The molecular formula is C18H21FN2O. The zero-order valence-electron chi connectivity index (χ0n) is 13.0. The van der Waals surface area contributed by atoms with Crippen molar-refractivity contribution in [2.45, 2.75) is 25.7 Å². The number of hydrogen-bond donors (Lipinski definition) is 0. The zero-order chi connectivity index (χ0) is 15.9. The number of carbonyl (C=O) groups excluding carboxylic acids is 1. The molecule has 0 aliphatic heterocycles. The highest BCUT2D eigenvalue weighted by Gasteiger charge is 2.26. The number of pyridine rings is 1. The Balaban J connectivity index is 2.33. The van der Waals surface area contributed by atoms with Crippen LogP contribution in [0.4, 0.5) is 4.39 Å². The lowest BCUT2D eigenvalue weighted by Gasteiger charge is -2.24. The van der Waals surface area contributed by atoms with Crippen molar-refractivity contribution in [3.05, 3.63) is 65.7 Å². The number of nitrogens with zero attached hydrogens (tertiary/aromatic N) is 2. The molecule has 0 fully saturated rings. The largest absolute Gasteiger partial charge is 0.345 e. The molecule has 116 valence electrons. The molecule has 2 rings (SSSR count). The molecule has 1 aromatic heterocycles. The van der Waals surface area contributed by atoms with Gasteiger partial charge in [-0.2, -0.15) is 0 Å². The van der Waals surface area contributed by atoms with Gasteiger partial charge in [-0.05, 0) is 36.2 Å². The maximum absolute atomic E-state index is 13.2. The molecule has 2 aromatic rings. The van der Waals surface area contributed by atoms with Crippen molar-refractivity contribution in [2.75, 3.05) is 13.6 Å². The molecule has 0 aliphatic rings. The van der Waals surface area contributed by atoms with Crippen molar-refractivity contribution in [3.63, 3.8) is 0 Å². The topological polar surface area (TPSA) is 33.2 Å². The van der Waals surface area contributed by atoms with Gasteiger partial charge >= 0.3 is 0 Å². The van der Waals surface area contributed by atoms with Crippen molar-refractivity contribution < 1.29 is 9.18 Å². The second-order valence-electron chi connectivity index (χ2n) is 5.35. The van der Waals surface area contributed by atoms with Gasteiger partial charge in [0.1, 0.15) is 11.7 Å². The second kappa shape index (κ2) is 7.69. The average Bonchev–Trinajstić information content (AvgIpc) is 2.55. The maximum Gasteiger partial charge on any atom is 0.235 e. The van der Waals surface area contributed by atoms with Gasteiger partial charge in [0.25, 0.3) is 0 Å². The van der Waals surface area contributed by atoms with Gasteiger partial charge in [0.2, 0.25) is 5.91 Å². The van der Waals surface area contributed by atoms with Crippen LogP contribution in [0.2, 0.25) is 0 Å². The quantitative estimate of drug-likeness (QED) is 0.816. The SMILES string of the molecule is CCCCN(C)C(=O)C(c1ccc(F)cc1)c1ccccn1. The van der Waals surface area contributed by atoms with Crippen LogP contribution >= 0.6 is 0 Å². The number of likely N-dealkylation sites (N-methyl/N-ethyl adjacent to an activating group) is 1. The van der Waals surface area contributed by atoms with E-state index in [2.05, 4.69) is 11.9 Å². The van der Waals surface area contributed by atoms with Crippen molar-refractivity contribution in [1.82, 2.24) is 9.88 Å². The summed E-state index contributed by atoms with van der Waals surface area (Å²) in [6, 6.07) is 11.6. The van der Waals surface area contributed by atoms with E-state index >= 15 is 0 Å². The standard InChI is InChI=1S/C18H21FN2O/c1-3-4-13-21(2)18(22)17(16-7-5-6-12-20-16)14-8-10-15(19)11-9-14/h5-12,17H,3-4,13H2,1-2H3. The first kappa shape index (κ1) is 16.1. The van der Waals surface area contributed by atoms with Crippen LogP contribution in [0, 0.1) is 5.82 Å². The van der Waals surface area contributed by atoms with Gasteiger partial charge in [-0.25, -0.2) is 4.39 Å². The molecule has 1 unspecified atom stereocenters. The van der Waals surface area contributed by atoms with Crippen LogP contribution in [0.25, 0.3) is 0 Å². The van der Waals surface area contributed by atoms with E-state index < -0.39 is 5.92 Å². The second-order valence-corrected chi connectivity index (χ2v) is 5.35. The number of aromatic nitrogens is 1. The van der Waals surface area contributed by atoms with E-state index in [4.69, 9.17) is 0 Å². The Labute approximate surface area is 130 Å². The molecule has 0 radical (unpaired) electrons. The molecule has 0 spiro atoms. The number of rotatable bonds is 6. The third kappa shape index (κ3) is 3.91. The molecule has 1 amide bonds. The summed E-state index contributed by atoms with van der Waals surface area (Å²) >= 11 is 0. The van der Waals surface area contributed by atoms with Gasteiger partial charge in [-0.3, -0.25) is 9.78 Å². The monoisotopic (exact) mass is 300 g/mol. The van der Waals surface area contributed by atoms with Gasteiger partial charge in [0, 0.05) is 19.8 Å². The van der Waals surface area contributed by atoms with E-state index in [9.17, 15) is 9.18 Å². The Morgan fingerprint density at radius 1 is 1.23 bits per heavy atom. The van der Waals surface area contributed by atoms with Crippen molar-refractivity contribution >= 4 is 5.91 Å². The summed E-state index contributed by atoms with van der Waals surface area (Å²) in [4.78, 5) is 18.9. The number of benzene rings is 1. The molecule has 0 saturated heterocycles. The van der Waals surface area contributed by atoms with E-state index in [-0.39, 0.29) is 11.7 Å². The Hall–Kier alpha value is -2.23. The number of halogens is 1. The average molecular weight is 300 g/mol. The lowest BCUT2D eigenvalue weighted by Crippen LogP contribution is -2.33. The van der Waals surface area contributed by atoms with Crippen LogP contribution in [0.15, 0.2) is 48.7 Å². The Morgan fingerprint density at radius 3 is 2.55 bits per heavy atom. The number of unbranched alkanes of at least 4 members (excludes halogenated alkanes) is 1. The minimum absolute atomic E-state index is 0.0150. The maximum atomic E-state index is 13.2. The van der Waals surface area contributed by atoms with Gasteiger partial charge in [0.05, 0.1) is 5.69 Å². The highest BCUT2D eigenvalue weighted by molar-refractivity contribution is 5.86. The first-order valence-electron chi connectivity index (χ1n) is 7.55. The van der Waals surface area contributed by atoms with Crippen LogP contribution in [-0.2, 0) is 4.79 Å². The van der Waals surface area contributed by atoms with Crippen LogP contribution in [0.3, 0.4) is 0 Å². The van der Waals surface area contributed by atoms with Crippen LogP contribution < -0.4 is 0 Å². The number of amides is 1. The minimum Gasteiger partial charge on any atom is -0.345 e. The highest BCUT2D eigenvalue weighted by atomic mass is 19.1. The van der Waals surface area contributed by atoms with E-state index in [0.717, 1.165) is 18.4 Å². The van der Waals surface area contributed by atoms with Gasteiger partial charge in [0.15, 0.2) is 0 Å². The molecule has 0 N–H and O–H groups in total. The molecule has 3 nitrogen and oxygen atoms in total. The third-order valence-electron chi connectivity index (χ3n) is 3.66. The van der Waals surface area contributed by atoms with E-state index in [1.54, 1.807) is 30.3 Å². The molecule has 0 bridgehead atoms. The van der Waals surface area contributed by atoms with E-state index in [1.165, 1.54) is 12.1 Å². The van der Waals surface area contributed by atoms with Gasteiger partial charge in [-0.15, -0.1) is 0 Å². The van der Waals surface area contributed by atoms with Crippen LogP contribution in [-0.4, -0.2) is 29.4 Å². The van der Waals surface area contributed by atoms with Crippen molar-refractivity contribution in [3.8, 4) is 0 Å². The Bertz CT molecular complexity index is 598. The van der Waals surface area contributed by atoms with Crippen LogP contribution in [0.1, 0.15) is 36.9 Å². The fraction of sp³-hybridized carbons (Fsp3) is 0.333. The van der Waals surface area contributed by atoms with Crippen LogP contribution in [0.5, 0.6) is 0 Å². The molecule has 22 heavy (non-hydrogen) atoms. The summed E-state index contributed by atoms with van der Waals surface area (Å²) in [6.07, 6.45) is 3.66. The molecule has 1 heterocycles. The lowest BCUT2D eigenvalue weighted by molar-refractivity contribution is -0.130. The molecule has 1 aromatic carbocycles. The normalized spacial score (nSPS) is 12.0. The molecular weight excluding hydrogens is 279 g/mol. The summed E-state index contributed by atoms with van der Waals surface area (Å²) in [5.41, 5.74) is 1.44. The molecule has 0 saturated carbocycles. The first-order valence-corrected chi connectivity index (χ1v) is 7.55. The predicted octanol–water partition coefficient (Wildman–Crippen LogP) is 3.61. The summed E-state index contributed by atoms with van der Waals surface area (Å²) in [7, 11) is 1.80. The smallest absolute Gasteiger partial charge is 0.235 e. The van der Waals surface area contributed by atoms with E-state index in [1.807, 2.05) is 18.2 Å². The minimum atomic E-state index is -0.497. The Kier molecular flexibility index (Phi) is 5.64. The summed E-state index contributed by atoms with van der Waals surface area (Å²) in [5.74, 6) is -0.822. The summed E-state index contributed by atoms with van der Waals surface area (Å²) in [5, 5.41) is 0.